The predicted octanol–water partition coefficient (Wildman–Crippen LogP) is 1.60. The smallest absolute Gasteiger partial charge is 0.110 e. The van der Waals surface area contributed by atoms with Crippen LogP contribution in [-0.4, -0.2) is 25.4 Å². The fourth-order valence-corrected chi connectivity index (χ4v) is 2.23. The van der Waals surface area contributed by atoms with E-state index in [1.807, 2.05) is 19.3 Å². The zero-order chi connectivity index (χ0) is 13.8. The van der Waals surface area contributed by atoms with E-state index in [1.165, 1.54) is 5.69 Å². The standard InChI is InChI=1S/C14H23N5/c1-4-12-9-13(19(5-2)17-12)10-18-7-6-16-14(18)8-11(3)15/h6-7,9,11H,4-5,8,10,15H2,1-3H3. The molecule has 0 aliphatic carbocycles. The maximum absolute atomic E-state index is 5.86. The van der Waals surface area contributed by atoms with Crippen LogP contribution in [0.15, 0.2) is 18.5 Å². The summed E-state index contributed by atoms with van der Waals surface area (Å²) in [6.45, 7) is 7.96. The van der Waals surface area contributed by atoms with Gasteiger partial charge < -0.3 is 10.3 Å². The summed E-state index contributed by atoms with van der Waals surface area (Å²) in [5.74, 6) is 1.04. The molecule has 0 saturated carbocycles. The predicted molar refractivity (Wildman–Crippen MR) is 76.0 cm³/mol. The summed E-state index contributed by atoms with van der Waals surface area (Å²) in [5.41, 5.74) is 8.23. The van der Waals surface area contributed by atoms with Gasteiger partial charge in [0.15, 0.2) is 0 Å². The molecule has 2 heterocycles. The van der Waals surface area contributed by atoms with Gasteiger partial charge in [0.2, 0.25) is 0 Å². The summed E-state index contributed by atoms with van der Waals surface area (Å²) in [4.78, 5) is 4.39. The Balaban J connectivity index is 2.21. The number of imidazole rings is 1. The highest BCUT2D eigenvalue weighted by atomic mass is 15.3. The molecule has 0 saturated heterocycles. The van der Waals surface area contributed by atoms with Crippen molar-refractivity contribution in [1.82, 2.24) is 19.3 Å². The van der Waals surface area contributed by atoms with Gasteiger partial charge >= 0.3 is 0 Å². The Morgan fingerprint density at radius 2 is 2.16 bits per heavy atom. The molecule has 2 aromatic rings. The van der Waals surface area contributed by atoms with Crippen LogP contribution in [0, 0.1) is 0 Å². The van der Waals surface area contributed by atoms with Crippen LogP contribution in [0.4, 0.5) is 0 Å². The van der Waals surface area contributed by atoms with Gasteiger partial charge in [0, 0.05) is 31.4 Å². The molecular weight excluding hydrogens is 238 g/mol. The van der Waals surface area contributed by atoms with Crippen LogP contribution < -0.4 is 5.73 Å². The van der Waals surface area contributed by atoms with Gasteiger partial charge in [0.25, 0.3) is 0 Å². The largest absolute Gasteiger partial charge is 0.329 e. The van der Waals surface area contributed by atoms with Gasteiger partial charge in [0.05, 0.1) is 17.9 Å². The van der Waals surface area contributed by atoms with Gasteiger partial charge in [-0.2, -0.15) is 5.10 Å². The maximum atomic E-state index is 5.86. The van der Waals surface area contributed by atoms with Crippen LogP contribution in [0.2, 0.25) is 0 Å². The molecule has 0 fully saturated rings. The Morgan fingerprint density at radius 1 is 1.37 bits per heavy atom. The Labute approximate surface area is 114 Å². The van der Waals surface area contributed by atoms with Crippen LogP contribution in [-0.2, 0) is 25.9 Å². The van der Waals surface area contributed by atoms with E-state index in [0.717, 1.165) is 37.4 Å². The minimum atomic E-state index is 0.128. The van der Waals surface area contributed by atoms with E-state index in [1.54, 1.807) is 0 Å². The highest BCUT2D eigenvalue weighted by molar-refractivity contribution is 5.12. The van der Waals surface area contributed by atoms with Crippen molar-refractivity contribution in [3.8, 4) is 0 Å². The number of hydrogen-bond acceptors (Lipinski definition) is 3. The second-order valence-corrected chi connectivity index (χ2v) is 4.95. The minimum absolute atomic E-state index is 0.128. The molecule has 0 aliphatic heterocycles. The molecule has 1 atom stereocenters. The van der Waals surface area contributed by atoms with Crippen LogP contribution in [0.5, 0.6) is 0 Å². The Morgan fingerprint density at radius 3 is 2.79 bits per heavy atom. The number of aryl methyl sites for hydroxylation is 2. The molecule has 2 rings (SSSR count). The summed E-state index contributed by atoms with van der Waals surface area (Å²) in [6.07, 6.45) is 5.62. The van der Waals surface area contributed by atoms with Crippen LogP contribution in [0.25, 0.3) is 0 Å². The van der Waals surface area contributed by atoms with E-state index in [2.05, 4.69) is 39.2 Å². The molecule has 0 bridgehead atoms. The molecular formula is C14H23N5. The van der Waals surface area contributed by atoms with Gasteiger partial charge in [-0.25, -0.2) is 4.98 Å². The third kappa shape index (κ3) is 3.23. The van der Waals surface area contributed by atoms with Crippen molar-refractivity contribution in [2.75, 3.05) is 0 Å². The molecule has 104 valence electrons. The van der Waals surface area contributed by atoms with E-state index in [0.29, 0.717) is 0 Å². The van der Waals surface area contributed by atoms with E-state index in [9.17, 15) is 0 Å². The third-order valence-corrected chi connectivity index (χ3v) is 3.21. The van der Waals surface area contributed by atoms with Crippen molar-refractivity contribution in [2.45, 2.75) is 52.7 Å². The number of rotatable bonds is 6. The monoisotopic (exact) mass is 261 g/mol. The van der Waals surface area contributed by atoms with E-state index < -0.39 is 0 Å². The maximum Gasteiger partial charge on any atom is 0.110 e. The lowest BCUT2D eigenvalue weighted by molar-refractivity contribution is 0.578. The lowest BCUT2D eigenvalue weighted by Crippen LogP contribution is -2.21. The van der Waals surface area contributed by atoms with Gasteiger partial charge in [-0.05, 0) is 26.3 Å². The van der Waals surface area contributed by atoms with E-state index in [-0.39, 0.29) is 6.04 Å². The Hall–Kier alpha value is -1.62. The topological polar surface area (TPSA) is 61.7 Å². The third-order valence-electron chi connectivity index (χ3n) is 3.21. The molecule has 0 radical (unpaired) electrons. The minimum Gasteiger partial charge on any atom is -0.329 e. The molecule has 5 heteroatoms. The average molecular weight is 261 g/mol. The summed E-state index contributed by atoms with van der Waals surface area (Å²) in [6, 6.07) is 2.31. The SMILES string of the molecule is CCc1cc(Cn2ccnc2CC(C)N)n(CC)n1. The number of hydrogen-bond donors (Lipinski definition) is 1. The Bertz CT molecular complexity index is 524. The summed E-state index contributed by atoms with van der Waals surface area (Å²) in [5, 5.41) is 4.58. The van der Waals surface area contributed by atoms with Gasteiger partial charge in [-0.3, -0.25) is 4.68 Å². The molecule has 0 spiro atoms. The van der Waals surface area contributed by atoms with Crippen molar-refractivity contribution in [1.29, 1.82) is 0 Å². The Kier molecular flexibility index (Phi) is 4.37. The van der Waals surface area contributed by atoms with Crippen molar-refractivity contribution in [3.05, 3.63) is 35.7 Å². The first-order valence-electron chi connectivity index (χ1n) is 6.95. The van der Waals surface area contributed by atoms with Crippen molar-refractivity contribution in [3.63, 3.8) is 0 Å². The quantitative estimate of drug-likeness (QED) is 0.859. The van der Waals surface area contributed by atoms with Crippen LogP contribution >= 0.6 is 0 Å². The van der Waals surface area contributed by atoms with Gasteiger partial charge in [-0.15, -0.1) is 0 Å². The van der Waals surface area contributed by atoms with Crippen molar-refractivity contribution < 1.29 is 0 Å². The van der Waals surface area contributed by atoms with Crippen LogP contribution in [0.3, 0.4) is 0 Å². The van der Waals surface area contributed by atoms with Crippen molar-refractivity contribution in [2.24, 2.45) is 5.73 Å². The second kappa shape index (κ2) is 6.02. The van der Waals surface area contributed by atoms with Crippen LogP contribution in [0.1, 0.15) is 38.0 Å². The molecule has 0 aromatic carbocycles. The first-order valence-corrected chi connectivity index (χ1v) is 6.95. The first kappa shape index (κ1) is 13.8. The summed E-state index contributed by atoms with van der Waals surface area (Å²) in [7, 11) is 0. The van der Waals surface area contributed by atoms with Gasteiger partial charge in [-0.1, -0.05) is 6.92 Å². The van der Waals surface area contributed by atoms with Crippen molar-refractivity contribution >= 4 is 0 Å². The molecule has 19 heavy (non-hydrogen) atoms. The summed E-state index contributed by atoms with van der Waals surface area (Å²) >= 11 is 0. The molecule has 5 nitrogen and oxygen atoms in total. The highest BCUT2D eigenvalue weighted by Crippen LogP contribution is 2.10. The zero-order valence-corrected chi connectivity index (χ0v) is 12.0. The molecule has 2 N–H and O–H groups in total. The highest BCUT2D eigenvalue weighted by Gasteiger charge is 2.10. The van der Waals surface area contributed by atoms with E-state index >= 15 is 0 Å². The number of aromatic nitrogens is 4. The average Bonchev–Trinajstić information content (AvgIpc) is 2.96. The molecule has 2 aromatic heterocycles. The normalized spacial score (nSPS) is 12.8. The lowest BCUT2D eigenvalue weighted by Gasteiger charge is -2.10. The molecule has 0 amide bonds. The van der Waals surface area contributed by atoms with Gasteiger partial charge in [0.1, 0.15) is 5.82 Å². The fraction of sp³-hybridized carbons (Fsp3) is 0.571. The number of nitrogens with zero attached hydrogens (tertiary/aromatic N) is 4. The van der Waals surface area contributed by atoms with E-state index in [4.69, 9.17) is 5.73 Å². The second-order valence-electron chi connectivity index (χ2n) is 4.95. The summed E-state index contributed by atoms with van der Waals surface area (Å²) < 4.78 is 4.22. The first-order chi connectivity index (χ1) is 9.13. The zero-order valence-electron chi connectivity index (χ0n) is 12.0. The molecule has 1 unspecified atom stereocenters. The number of nitrogens with two attached hydrogens (primary N) is 1. The molecule has 0 aliphatic rings. The fourth-order valence-electron chi connectivity index (χ4n) is 2.23. The lowest BCUT2D eigenvalue weighted by atomic mass is 10.2.